The molecule has 0 N–H and O–H groups in total. The number of hydrogen-bond acceptors (Lipinski definition) is 4. The summed E-state index contributed by atoms with van der Waals surface area (Å²) in [5, 5.41) is 0.877. The summed E-state index contributed by atoms with van der Waals surface area (Å²) in [6.45, 7) is 0. The molecule has 4 rings (SSSR count). The number of para-hydroxylation sites is 2. The van der Waals surface area contributed by atoms with Crippen LogP contribution >= 0.6 is 34.5 Å². The summed E-state index contributed by atoms with van der Waals surface area (Å²) < 4.78 is 7.48. The SMILES string of the molecule is COc1c(Cl)cc(Cl)cc1/C=c1/sc2nc3ccccc3n2c1=O. The van der Waals surface area contributed by atoms with E-state index >= 15 is 0 Å². The van der Waals surface area contributed by atoms with Crippen LogP contribution in [-0.2, 0) is 0 Å². The minimum Gasteiger partial charge on any atom is -0.495 e. The number of rotatable bonds is 2. The van der Waals surface area contributed by atoms with Gasteiger partial charge in [0.1, 0.15) is 5.75 Å². The third-order valence-electron chi connectivity index (χ3n) is 3.67. The molecule has 7 heteroatoms. The van der Waals surface area contributed by atoms with Crippen molar-refractivity contribution in [3.05, 3.63) is 66.9 Å². The molecule has 0 amide bonds. The number of halogens is 2. The van der Waals surface area contributed by atoms with Crippen LogP contribution in [-0.4, -0.2) is 16.5 Å². The summed E-state index contributed by atoms with van der Waals surface area (Å²) in [5.74, 6) is 0.483. The maximum atomic E-state index is 12.8. The Kier molecular flexibility index (Phi) is 3.72. The van der Waals surface area contributed by atoms with Gasteiger partial charge in [-0.2, -0.15) is 0 Å². The Balaban J connectivity index is 2.02. The molecule has 2 aromatic carbocycles. The van der Waals surface area contributed by atoms with Crippen molar-refractivity contribution < 1.29 is 4.74 Å². The van der Waals surface area contributed by atoms with Gasteiger partial charge < -0.3 is 4.74 Å². The van der Waals surface area contributed by atoms with Crippen molar-refractivity contribution in [1.82, 2.24) is 9.38 Å². The molecule has 0 aliphatic heterocycles. The number of aromatic nitrogens is 2. The number of fused-ring (bicyclic) bond motifs is 3. The molecule has 0 unspecified atom stereocenters. The Morgan fingerprint density at radius 3 is 2.83 bits per heavy atom. The van der Waals surface area contributed by atoms with E-state index in [1.807, 2.05) is 24.3 Å². The Bertz CT molecular complexity index is 1200. The molecule has 120 valence electrons. The van der Waals surface area contributed by atoms with Crippen LogP contribution < -0.4 is 14.8 Å². The van der Waals surface area contributed by atoms with E-state index in [4.69, 9.17) is 27.9 Å². The van der Waals surface area contributed by atoms with E-state index in [1.54, 1.807) is 22.6 Å². The third kappa shape index (κ3) is 2.36. The average Bonchev–Trinajstić information content (AvgIpc) is 3.04. The van der Waals surface area contributed by atoms with E-state index in [0.29, 0.717) is 30.9 Å². The first-order valence-corrected chi connectivity index (χ1v) is 8.60. The monoisotopic (exact) mass is 376 g/mol. The van der Waals surface area contributed by atoms with Crippen LogP contribution in [0.15, 0.2) is 41.2 Å². The average molecular weight is 377 g/mol. The standard InChI is InChI=1S/C17H10Cl2N2O2S/c1-23-15-9(6-10(18)8-11(15)19)7-14-16(22)21-13-5-3-2-4-12(13)20-17(21)24-14/h2-8H,1H3/b14-7+. The first-order chi connectivity index (χ1) is 11.6. The van der Waals surface area contributed by atoms with Gasteiger partial charge in [0.05, 0.1) is 27.7 Å². The highest BCUT2D eigenvalue weighted by atomic mass is 35.5. The highest BCUT2D eigenvalue weighted by Gasteiger charge is 2.12. The Labute approximate surface area is 150 Å². The predicted molar refractivity (Wildman–Crippen MR) is 98.6 cm³/mol. The van der Waals surface area contributed by atoms with Crippen molar-refractivity contribution >= 4 is 56.6 Å². The fraction of sp³-hybridized carbons (Fsp3) is 0.0588. The predicted octanol–water partition coefficient (Wildman–Crippen LogP) is 3.77. The van der Waals surface area contributed by atoms with Gasteiger partial charge >= 0.3 is 0 Å². The van der Waals surface area contributed by atoms with E-state index < -0.39 is 0 Å². The zero-order valence-corrected chi connectivity index (χ0v) is 14.7. The molecule has 0 saturated heterocycles. The molecular formula is C17H10Cl2N2O2S. The quantitative estimate of drug-likeness (QED) is 0.534. The van der Waals surface area contributed by atoms with Gasteiger partial charge in [-0.15, -0.1) is 0 Å². The summed E-state index contributed by atoms with van der Waals surface area (Å²) in [5.41, 5.74) is 2.13. The van der Waals surface area contributed by atoms with Crippen LogP contribution in [0.3, 0.4) is 0 Å². The first-order valence-electron chi connectivity index (χ1n) is 7.03. The van der Waals surface area contributed by atoms with Gasteiger partial charge in [-0.25, -0.2) is 9.38 Å². The van der Waals surface area contributed by atoms with Crippen LogP contribution in [0.4, 0.5) is 0 Å². The number of benzene rings is 2. The summed E-state index contributed by atoms with van der Waals surface area (Å²) in [4.78, 5) is 17.9. The van der Waals surface area contributed by atoms with E-state index in [-0.39, 0.29) is 5.56 Å². The van der Waals surface area contributed by atoms with Crippen LogP contribution in [0.25, 0.3) is 22.1 Å². The van der Waals surface area contributed by atoms with E-state index in [0.717, 1.165) is 11.0 Å². The molecule has 0 radical (unpaired) electrons. The van der Waals surface area contributed by atoms with Crippen LogP contribution in [0.1, 0.15) is 5.56 Å². The first kappa shape index (κ1) is 15.4. The smallest absolute Gasteiger partial charge is 0.274 e. The van der Waals surface area contributed by atoms with Crippen molar-refractivity contribution in [3.8, 4) is 5.75 Å². The second-order valence-electron chi connectivity index (χ2n) is 5.14. The van der Waals surface area contributed by atoms with Crippen LogP contribution in [0, 0.1) is 0 Å². The molecule has 4 aromatic rings. The van der Waals surface area contributed by atoms with Crippen molar-refractivity contribution in [2.75, 3.05) is 7.11 Å². The molecular weight excluding hydrogens is 367 g/mol. The molecule has 0 atom stereocenters. The maximum Gasteiger partial charge on any atom is 0.274 e. The lowest BCUT2D eigenvalue weighted by Crippen LogP contribution is -2.22. The minimum absolute atomic E-state index is 0.123. The molecule has 2 heterocycles. The molecule has 2 aromatic heterocycles. The molecule has 4 nitrogen and oxygen atoms in total. The van der Waals surface area contributed by atoms with Crippen LogP contribution in [0.5, 0.6) is 5.75 Å². The zero-order valence-electron chi connectivity index (χ0n) is 12.4. The summed E-state index contributed by atoms with van der Waals surface area (Å²) in [7, 11) is 1.53. The fourth-order valence-electron chi connectivity index (χ4n) is 2.66. The highest BCUT2D eigenvalue weighted by molar-refractivity contribution is 7.15. The van der Waals surface area contributed by atoms with Gasteiger partial charge in [0.2, 0.25) is 0 Å². The summed E-state index contributed by atoms with van der Waals surface area (Å²) in [6.07, 6.45) is 1.73. The van der Waals surface area contributed by atoms with Crippen molar-refractivity contribution in [2.45, 2.75) is 0 Å². The molecule has 0 aliphatic rings. The summed E-state index contributed by atoms with van der Waals surface area (Å²) >= 11 is 13.5. The molecule has 0 aliphatic carbocycles. The minimum atomic E-state index is -0.123. The molecule has 24 heavy (non-hydrogen) atoms. The highest BCUT2D eigenvalue weighted by Crippen LogP contribution is 2.32. The normalized spacial score (nSPS) is 12.4. The summed E-state index contributed by atoms with van der Waals surface area (Å²) in [6, 6.07) is 10.9. The fourth-order valence-corrected chi connectivity index (χ4v) is 4.22. The van der Waals surface area contributed by atoms with Crippen molar-refractivity contribution in [3.63, 3.8) is 0 Å². The Hall–Kier alpha value is -2.08. The second-order valence-corrected chi connectivity index (χ2v) is 7.00. The van der Waals surface area contributed by atoms with Gasteiger partial charge in [0.15, 0.2) is 4.96 Å². The Morgan fingerprint density at radius 2 is 2.04 bits per heavy atom. The number of ether oxygens (including phenoxy) is 1. The third-order valence-corrected chi connectivity index (χ3v) is 5.14. The second kappa shape index (κ2) is 5.77. The van der Waals surface area contributed by atoms with Crippen molar-refractivity contribution in [2.24, 2.45) is 0 Å². The van der Waals surface area contributed by atoms with E-state index in [9.17, 15) is 4.79 Å². The van der Waals surface area contributed by atoms with E-state index in [2.05, 4.69) is 4.98 Å². The number of methoxy groups -OCH3 is 1. The van der Waals surface area contributed by atoms with Crippen LogP contribution in [0.2, 0.25) is 10.0 Å². The Morgan fingerprint density at radius 1 is 1.25 bits per heavy atom. The number of imidazole rings is 1. The molecule has 0 spiro atoms. The van der Waals surface area contributed by atoms with Gasteiger partial charge in [-0.1, -0.05) is 46.7 Å². The van der Waals surface area contributed by atoms with Gasteiger partial charge in [0.25, 0.3) is 5.56 Å². The largest absolute Gasteiger partial charge is 0.495 e. The lowest BCUT2D eigenvalue weighted by atomic mass is 10.2. The van der Waals surface area contributed by atoms with Crippen molar-refractivity contribution in [1.29, 1.82) is 0 Å². The van der Waals surface area contributed by atoms with Gasteiger partial charge in [0, 0.05) is 10.6 Å². The van der Waals surface area contributed by atoms with Gasteiger partial charge in [-0.05, 0) is 30.3 Å². The number of hydrogen-bond donors (Lipinski definition) is 0. The van der Waals surface area contributed by atoms with E-state index in [1.165, 1.54) is 18.4 Å². The zero-order chi connectivity index (χ0) is 16.8. The topological polar surface area (TPSA) is 43.6 Å². The number of nitrogens with zero attached hydrogens (tertiary/aromatic N) is 2. The maximum absolute atomic E-state index is 12.8. The number of thiazole rings is 1. The molecule has 0 fully saturated rings. The lowest BCUT2D eigenvalue weighted by Gasteiger charge is -2.07. The molecule has 0 bridgehead atoms. The van der Waals surface area contributed by atoms with Gasteiger partial charge in [-0.3, -0.25) is 4.79 Å². The molecule has 0 saturated carbocycles. The lowest BCUT2D eigenvalue weighted by molar-refractivity contribution is 0.414.